The number of rotatable bonds is 3. The molecule has 2 heterocycles. The molecule has 154 valence electrons. The van der Waals surface area contributed by atoms with Crippen molar-refractivity contribution in [1.82, 2.24) is 9.21 Å². The molecule has 9 nitrogen and oxygen atoms in total. The Morgan fingerprint density at radius 2 is 1.57 bits per heavy atom. The number of carbonyl (C=O) groups is 2. The highest BCUT2D eigenvalue weighted by atomic mass is 32.2. The quantitative estimate of drug-likeness (QED) is 0.680. The molecule has 0 saturated carbocycles. The van der Waals surface area contributed by atoms with Crippen LogP contribution < -0.4 is 4.31 Å². The van der Waals surface area contributed by atoms with Crippen LogP contribution in [0.25, 0.3) is 0 Å². The van der Waals surface area contributed by atoms with E-state index in [1.165, 1.54) is 35.5 Å². The van der Waals surface area contributed by atoms with Crippen LogP contribution >= 0.6 is 0 Å². The zero-order valence-electron chi connectivity index (χ0n) is 16.0. The van der Waals surface area contributed by atoms with Gasteiger partial charge in [-0.3, -0.25) is 9.59 Å². The molecule has 0 bridgehead atoms. The first kappa shape index (κ1) is 20.7. The number of hydrogen-bond acceptors (Lipinski definition) is 6. The monoisotopic (exact) mass is 429 g/mol. The topological polar surface area (TPSA) is 112 Å². The molecule has 0 radical (unpaired) electrons. The summed E-state index contributed by atoms with van der Waals surface area (Å²) in [5.74, 6) is -0.927. The largest absolute Gasteiger partial charge is 0.340 e. The molecule has 1 aromatic carbocycles. The van der Waals surface area contributed by atoms with Crippen molar-refractivity contribution in [2.75, 3.05) is 36.2 Å². The van der Waals surface area contributed by atoms with Crippen molar-refractivity contribution in [3.05, 3.63) is 24.3 Å². The summed E-state index contributed by atoms with van der Waals surface area (Å²) in [4.78, 5) is 25.4. The Morgan fingerprint density at radius 3 is 2.00 bits per heavy atom. The second kappa shape index (κ2) is 6.82. The van der Waals surface area contributed by atoms with E-state index in [1.807, 2.05) is 0 Å². The fourth-order valence-electron chi connectivity index (χ4n) is 3.41. The smallest absolute Gasteiger partial charge is 0.247 e. The molecular weight excluding hydrogens is 406 g/mol. The van der Waals surface area contributed by atoms with Crippen molar-refractivity contribution in [2.45, 2.75) is 25.7 Å². The number of amides is 2. The van der Waals surface area contributed by atoms with Crippen molar-refractivity contribution in [3.8, 4) is 0 Å². The van der Waals surface area contributed by atoms with Gasteiger partial charge in [0.15, 0.2) is 0 Å². The molecule has 0 N–H and O–H groups in total. The van der Waals surface area contributed by atoms with Gasteiger partial charge in [0.2, 0.25) is 31.9 Å². The fraction of sp³-hybridized carbons (Fsp3) is 0.529. The van der Waals surface area contributed by atoms with Gasteiger partial charge in [-0.2, -0.15) is 4.31 Å². The predicted octanol–water partition coefficient (Wildman–Crippen LogP) is 0.242. The average molecular weight is 430 g/mol. The molecule has 0 atom stereocenters. The molecule has 2 saturated heterocycles. The van der Waals surface area contributed by atoms with E-state index >= 15 is 0 Å². The highest BCUT2D eigenvalue weighted by molar-refractivity contribution is 7.94. The summed E-state index contributed by atoms with van der Waals surface area (Å²) in [5, 5.41) is 0. The Morgan fingerprint density at radius 1 is 1.04 bits per heavy atom. The maximum absolute atomic E-state index is 12.8. The first-order valence-electron chi connectivity index (χ1n) is 8.79. The third-order valence-corrected chi connectivity index (χ3v) is 8.91. The molecule has 28 heavy (non-hydrogen) atoms. The van der Waals surface area contributed by atoms with E-state index in [-0.39, 0.29) is 35.3 Å². The average Bonchev–Trinajstić information content (AvgIpc) is 2.78. The van der Waals surface area contributed by atoms with Gasteiger partial charge in [-0.05, 0) is 38.1 Å². The van der Waals surface area contributed by atoms with E-state index in [1.54, 1.807) is 18.7 Å². The number of sulfonamides is 2. The highest BCUT2D eigenvalue weighted by Crippen LogP contribution is 2.36. The Labute approximate surface area is 165 Å². The van der Waals surface area contributed by atoms with Crippen LogP contribution in [-0.4, -0.2) is 69.8 Å². The van der Waals surface area contributed by atoms with Gasteiger partial charge in [0.05, 0.1) is 21.8 Å². The van der Waals surface area contributed by atoms with Gasteiger partial charge in [-0.1, -0.05) is 0 Å². The second-order valence-electron chi connectivity index (χ2n) is 7.61. The predicted molar refractivity (Wildman–Crippen MR) is 103 cm³/mol. The van der Waals surface area contributed by atoms with E-state index < -0.39 is 31.4 Å². The molecule has 2 amide bonds. The van der Waals surface area contributed by atoms with Crippen LogP contribution in [0.15, 0.2) is 29.2 Å². The molecule has 2 fully saturated rings. The van der Waals surface area contributed by atoms with Crippen molar-refractivity contribution in [2.24, 2.45) is 5.41 Å². The van der Waals surface area contributed by atoms with E-state index in [0.717, 1.165) is 4.31 Å². The van der Waals surface area contributed by atoms with Crippen molar-refractivity contribution < 1.29 is 26.4 Å². The van der Waals surface area contributed by atoms with E-state index in [0.29, 0.717) is 13.1 Å². The number of benzene rings is 1. The lowest BCUT2D eigenvalue weighted by molar-refractivity contribution is -0.130. The molecule has 2 aliphatic heterocycles. The third-order valence-electron chi connectivity index (χ3n) is 4.98. The number of nitrogens with zero attached hydrogens (tertiary/aromatic N) is 3. The minimum absolute atomic E-state index is 0.0100. The number of piperazine rings is 1. The van der Waals surface area contributed by atoms with Gasteiger partial charge in [0.1, 0.15) is 0 Å². The van der Waals surface area contributed by atoms with Crippen molar-refractivity contribution in [1.29, 1.82) is 0 Å². The van der Waals surface area contributed by atoms with Gasteiger partial charge in [0, 0.05) is 33.1 Å². The maximum Gasteiger partial charge on any atom is 0.247 e. The van der Waals surface area contributed by atoms with Crippen LogP contribution in [0.2, 0.25) is 0 Å². The van der Waals surface area contributed by atoms with Crippen molar-refractivity contribution >= 4 is 37.5 Å². The van der Waals surface area contributed by atoms with Crippen LogP contribution in [0.1, 0.15) is 20.8 Å². The Bertz CT molecular complexity index is 1010. The molecule has 2 aliphatic rings. The maximum atomic E-state index is 12.8. The van der Waals surface area contributed by atoms with Crippen LogP contribution in [0.3, 0.4) is 0 Å². The normalized spacial score (nSPS) is 22.5. The van der Waals surface area contributed by atoms with Crippen LogP contribution in [0.5, 0.6) is 0 Å². The summed E-state index contributed by atoms with van der Waals surface area (Å²) in [6, 6.07) is 5.26. The SMILES string of the molecule is CC(=O)N1CCN(S(=O)(=O)c2ccc(N3C(=O)C(C)(C)CS3(=O)=O)cc2)CC1. The van der Waals surface area contributed by atoms with Crippen LogP contribution in [0, 0.1) is 5.41 Å². The lowest BCUT2D eigenvalue weighted by Crippen LogP contribution is -2.49. The van der Waals surface area contributed by atoms with E-state index in [9.17, 15) is 26.4 Å². The summed E-state index contributed by atoms with van der Waals surface area (Å²) in [6.07, 6.45) is 0. The molecule has 1 aromatic rings. The first-order chi connectivity index (χ1) is 12.9. The Hall–Kier alpha value is -1.98. The number of hydrogen-bond donors (Lipinski definition) is 0. The van der Waals surface area contributed by atoms with Gasteiger partial charge >= 0.3 is 0 Å². The molecular formula is C17H23N3O6S2. The minimum atomic E-state index is -3.79. The molecule has 0 spiro atoms. The standard InChI is InChI=1S/C17H23N3O6S2/c1-13(21)18-8-10-19(11-9-18)28(25,26)15-6-4-14(5-7-15)20-16(22)17(2,3)12-27(20,23)24/h4-7H,8-12H2,1-3H3. The Balaban J connectivity index is 1.83. The van der Waals surface area contributed by atoms with E-state index in [2.05, 4.69) is 0 Å². The third kappa shape index (κ3) is 3.53. The Kier molecular flexibility index (Phi) is 5.05. The lowest BCUT2D eigenvalue weighted by atomic mass is 9.95. The summed E-state index contributed by atoms with van der Waals surface area (Å²) >= 11 is 0. The molecule has 11 heteroatoms. The van der Waals surface area contributed by atoms with Crippen molar-refractivity contribution in [3.63, 3.8) is 0 Å². The number of carbonyl (C=O) groups excluding carboxylic acids is 2. The summed E-state index contributed by atoms with van der Waals surface area (Å²) in [5.41, 5.74) is -0.907. The zero-order valence-corrected chi connectivity index (χ0v) is 17.6. The molecule has 0 aromatic heterocycles. The van der Waals surface area contributed by atoms with Gasteiger partial charge < -0.3 is 4.90 Å². The number of anilines is 1. The van der Waals surface area contributed by atoms with Crippen LogP contribution in [-0.2, 0) is 29.6 Å². The first-order valence-corrected chi connectivity index (χ1v) is 11.8. The lowest BCUT2D eigenvalue weighted by Gasteiger charge is -2.33. The van der Waals surface area contributed by atoms with Gasteiger partial charge in [-0.25, -0.2) is 21.1 Å². The minimum Gasteiger partial charge on any atom is -0.340 e. The second-order valence-corrected chi connectivity index (χ2v) is 11.4. The van der Waals surface area contributed by atoms with Crippen LogP contribution in [0.4, 0.5) is 5.69 Å². The summed E-state index contributed by atoms with van der Waals surface area (Å²) < 4.78 is 52.4. The van der Waals surface area contributed by atoms with Gasteiger partial charge in [0.25, 0.3) is 0 Å². The van der Waals surface area contributed by atoms with E-state index in [4.69, 9.17) is 0 Å². The van der Waals surface area contributed by atoms with Gasteiger partial charge in [-0.15, -0.1) is 0 Å². The molecule has 0 aliphatic carbocycles. The molecule has 3 rings (SSSR count). The zero-order chi connectivity index (χ0) is 20.9. The molecule has 0 unspecified atom stereocenters. The summed E-state index contributed by atoms with van der Waals surface area (Å²) in [6.45, 7) is 5.59. The summed E-state index contributed by atoms with van der Waals surface area (Å²) in [7, 11) is -7.57. The highest BCUT2D eigenvalue weighted by Gasteiger charge is 2.49. The fourth-order valence-corrected chi connectivity index (χ4v) is 6.94.